The van der Waals surface area contributed by atoms with Crippen LogP contribution in [-0.2, 0) is 5.41 Å². The summed E-state index contributed by atoms with van der Waals surface area (Å²) in [5.41, 5.74) is 3.01. The predicted molar refractivity (Wildman–Crippen MR) is 113 cm³/mol. The number of nitrogens with zero attached hydrogens (tertiary/aromatic N) is 1. The summed E-state index contributed by atoms with van der Waals surface area (Å²) in [6.45, 7) is 16.7. The minimum Gasteiger partial charge on any atom is -0.471 e. The SMILES string of the molecule is CCN(c1ccccc1)C(C)Oc1ccc(C(C)(C)CC(C)(C)C)cc1. The molecule has 1 atom stereocenters. The zero-order chi connectivity index (χ0) is 19.4. The Morgan fingerprint density at radius 2 is 1.46 bits per heavy atom. The monoisotopic (exact) mass is 353 g/mol. The van der Waals surface area contributed by atoms with Crippen LogP contribution in [-0.4, -0.2) is 12.8 Å². The number of anilines is 1. The van der Waals surface area contributed by atoms with Gasteiger partial charge in [0.1, 0.15) is 5.75 Å². The van der Waals surface area contributed by atoms with Crippen LogP contribution in [0.25, 0.3) is 0 Å². The van der Waals surface area contributed by atoms with Gasteiger partial charge in [0.05, 0.1) is 0 Å². The molecule has 0 saturated heterocycles. The first-order valence-corrected chi connectivity index (χ1v) is 9.71. The molecular formula is C24H35NO. The van der Waals surface area contributed by atoms with E-state index in [4.69, 9.17) is 4.74 Å². The topological polar surface area (TPSA) is 12.5 Å². The average Bonchev–Trinajstić information content (AvgIpc) is 2.55. The van der Waals surface area contributed by atoms with E-state index >= 15 is 0 Å². The van der Waals surface area contributed by atoms with E-state index in [0.29, 0.717) is 5.41 Å². The molecular weight excluding hydrogens is 318 g/mol. The normalized spacial score (nSPS) is 13.3. The van der Waals surface area contributed by atoms with Gasteiger partial charge < -0.3 is 9.64 Å². The lowest BCUT2D eigenvalue weighted by Crippen LogP contribution is -2.37. The molecule has 0 aromatic heterocycles. The molecule has 0 aliphatic rings. The Morgan fingerprint density at radius 1 is 0.885 bits per heavy atom. The summed E-state index contributed by atoms with van der Waals surface area (Å²) < 4.78 is 6.22. The highest BCUT2D eigenvalue weighted by Crippen LogP contribution is 2.36. The van der Waals surface area contributed by atoms with Crippen molar-refractivity contribution >= 4 is 5.69 Å². The molecule has 2 rings (SSSR count). The number of hydrogen-bond acceptors (Lipinski definition) is 2. The highest BCUT2D eigenvalue weighted by molar-refractivity contribution is 5.46. The van der Waals surface area contributed by atoms with Crippen molar-refractivity contribution in [2.45, 2.75) is 66.5 Å². The van der Waals surface area contributed by atoms with E-state index in [1.807, 2.05) is 6.07 Å². The smallest absolute Gasteiger partial charge is 0.169 e. The first-order valence-electron chi connectivity index (χ1n) is 9.71. The molecule has 2 aromatic rings. The number of hydrogen-bond donors (Lipinski definition) is 0. The van der Waals surface area contributed by atoms with Gasteiger partial charge >= 0.3 is 0 Å². The molecule has 0 N–H and O–H groups in total. The van der Waals surface area contributed by atoms with E-state index in [1.165, 1.54) is 11.3 Å². The lowest BCUT2D eigenvalue weighted by atomic mass is 9.72. The Balaban J connectivity index is 2.09. The number of ether oxygens (including phenoxy) is 1. The zero-order valence-electron chi connectivity index (χ0n) is 17.5. The molecule has 0 heterocycles. The third-order valence-electron chi connectivity index (χ3n) is 4.78. The Kier molecular flexibility index (Phi) is 6.39. The van der Waals surface area contributed by atoms with Crippen LogP contribution in [0.5, 0.6) is 5.75 Å². The molecule has 0 bridgehead atoms. The Bertz CT molecular complexity index is 668. The summed E-state index contributed by atoms with van der Waals surface area (Å²) in [5.74, 6) is 0.919. The molecule has 0 fully saturated rings. The second-order valence-corrected chi connectivity index (χ2v) is 8.98. The minimum atomic E-state index is -0.0177. The van der Waals surface area contributed by atoms with Crippen molar-refractivity contribution in [3.05, 3.63) is 60.2 Å². The van der Waals surface area contributed by atoms with Gasteiger partial charge in [0.2, 0.25) is 0 Å². The lowest BCUT2D eigenvalue weighted by molar-refractivity contribution is 0.216. The van der Waals surface area contributed by atoms with Crippen molar-refractivity contribution in [3.8, 4) is 5.75 Å². The van der Waals surface area contributed by atoms with Crippen molar-refractivity contribution in [3.63, 3.8) is 0 Å². The molecule has 2 aromatic carbocycles. The largest absolute Gasteiger partial charge is 0.471 e. The average molecular weight is 354 g/mol. The molecule has 2 nitrogen and oxygen atoms in total. The zero-order valence-corrected chi connectivity index (χ0v) is 17.5. The van der Waals surface area contributed by atoms with Gasteiger partial charge in [-0.3, -0.25) is 0 Å². The van der Waals surface area contributed by atoms with Crippen LogP contribution < -0.4 is 9.64 Å². The third-order valence-corrected chi connectivity index (χ3v) is 4.78. The van der Waals surface area contributed by atoms with Crippen molar-refractivity contribution in [1.82, 2.24) is 0 Å². The fourth-order valence-corrected chi connectivity index (χ4v) is 3.94. The maximum Gasteiger partial charge on any atom is 0.169 e. The highest BCUT2D eigenvalue weighted by Gasteiger charge is 2.27. The summed E-state index contributed by atoms with van der Waals surface area (Å²) in [6, 6.07) is 19.1. The van der Waals surface area contributed by atoms with Gasteiger partial charge in [-0.2, -0.15) is 0 Å². The molecule has 0 aliphatic heterocycles. The number of benzene rings is 2. The van der Waals surface area contributed by atoms with E-state index in [0.717, 1.165) is 18.7 Å². The molecule has 0 saturated carbocycles. The van der Waals surface area contributed by atoms with Gasteiger partial charge in [0, 0.05) is 12.2 Å². The first-order chi connectivity index (χ1) is 12.1. The Labute approximate surface area is 160 Å². The molecule has 26 heavy (non-hydrogen) atoms. The lowest BCUT2D eigenvalue weighted by Gasteiger charge is -2.33. The highest BCUT2D eigenvalue weighted by atomic mass is 16.5. The quantitative estimate of drug-likeness (QED) is 0.517. The second-order valence-electron chi connectivity index (χ2n) is 8.98. The van der Waals surface area contributed by atoms with Gasteiger partial charge in [-0.25, -0.2) is 0 Å². The van der Waals surface area contributed by atoms with Crippen LogP contribution in [0.2, 0.25) is 0 Å². The van der Waals surface area contributed by atoms with E-state index in [-0.39, 0.29) is 11.6 Å². The van der Waals surface area contributed by atoms with Crippen LogP contribution in [0, 0.1) is 5.41 Å². The van der Waals surface area contributed by atoms with E-state index in [9.17, 15) is 0 Å². The summed E-state index contributed by atoms with van der Waals surface area (Å²) in [7, 11) is 0. The van der Waals surface area contributed by atoms with Crippen LogP contribution in [0.3, 0.4) is 0 Å². The van der Waals surface area contributed by atoms with Crippen LogP contribution >= 0.6 is 0 Å². The van der Waals surface area contributed by atoms with Crippen LogP contribution in [0.15, 0.2) is 54.6 Å². The van der Waals surface area contributed by atoms with Crippen molar-refractivity contribution in [2.24, 2.45) is 5.41 Å². The number of para-hydroxylation sites is 1. The van der Waals surface area contributed by atoms with Crippen LogP contribution in [0.1, 0.15) is 60.5 Å². The van der Waals surface area contributed by atoms with Crippen LogP contribution in [0.4, 0.5) is 5.69 Å². The van der Waals surface area contributed by atoms with Crippen molar-refractivity contribution in [1.29, 1.82) is 0 Å². The molecule has 0 spiro atoms. The van der Waals surface area contributed by atoms with E-state index in [1.54, 1.807) is 0 Å². The molecule has 2 heteroatoms. The van der Waals surface area contributed by atoms with E-state index < -0.39 is 0 Å². The Hall–Kier alpha value is -1.96. The number of rotatable bonds is 7. The maximum atomic E-state index is 6.22. The fourth-order valence-electron chi connectivity index (χ4n) is 3.94. The fraction of sp³-hybridized carbons (Fsp3) is 0.500. The third kappa shape index (κ3) is 5.52. The van der Waals surface area contributed by atoms with Gasteiger partial charge in [-0.15, -0.1) is 0 Å². The molecule has 0 radical (unpaired) electrons. The van der Waals surface area contributed by atoms with Gasteiger partial charge in [0.15, 0.2) is 6.23 Å². The summed E-state index contributed by atoms with van der Waals surface area (Å²) >= 11 is 0. The van der Waals surface area contributed by atoms with E-state index in [2.05, 4.69) is 102 Å². The molecule has 142 valence electrons. The predicted octanol–water partition coefficient (Wildman–Crippen LogP) is 6.65. The first kappa shape index (κ1) is 20.4. The summed E-state index contributed by atoms with van der Waals surface area (Å²) in [5, 5.41) is 0. The Morgan fingerprint density at radius 3 is 1.96 bits per heavy atom. The van der Waals surface area contributed by atoms with Crippen molar-refractivity contribution in [2.75, 3.05) is 11.4 Å². The molecule has 0 aliphatic carbocycles. The van der Waals surface area contributed by atoms with Crippen molar-refractivity contribution < 1.29 is 4.74 Å². The second kappa shape index (κ2) is 8.16. The van der Waals surface area contributed by atoms with Gasteiger partial charge in [0.25, 0.3) is 0 Å². The molecule has 0 amide bonds. The maximum absolute atomic E-state index is 6.22. The summed E-state index contributed by atoms with van der Waals surface area (Å²) in [6.07, 6.45) is 1.13. The standard InChI is InChI=1S/C24H35NO/c1-8-25(21-12-10-9-11-13-21)19(2)26-22-16-14-20(15-17-22)24(6,7)18-23(3,4)5/h9-17,19H,8,18H2,1-7H3. The summed E-state index contributed by atoms with van der Waals surface area (Å²) in [4.78, 5) is 2.26. The van der Waals surface area contributed by atoms with Gasteiger partial charge in [-0.1, -0.05) is 65.0 Å². The molecule has 1 unspecified atom stereocenters. The van der Waals surface area contributed by atoms with Gasteiger partial charge in [-0.05, 0) is 60.9 Å². The minimum absolute atomic E-state index is 0.0177.